The lowest BCUT2D eigenvalue weighted by Crippen LogP contribution is -2.11. The van der Waals surface area contributed by atoms with Gasteiger partial charge in [-0.15, -0.1) is 10.2 Å². The van der Waals surface area contributed by atoms with Crippen molar-refractivity contribution in [2.75, 3.05) is 12.4 Å². The van der Waals surface area contributed by atoms with Crippen molar-refractivity contribution in [3.63, 3.8) is 0 Å². The van der Waals surface area contributed by atoms with Crippen molar-refractivity contribution in [3.8, 4) is 11.5 Å². The van der Waals surface area contributed by atoms with Crippen molar-refractivity contribution in [2.45, 2.75) is 37.5 Å². The van der Waals surface area contributed by atoms with E-state index in [1.54, 1.807) is 82.3 Å². The zero-order valence-electron chi connectivity index (χ0n) is 31.5. The Morgan fingerprint density at radius 3 is 1.59 bits per heavy atom. The molecular weight excluding hydrogens is 787 g/mol. The van der Waals surface area contributed by atoms with Crippen LogP contribution in [-0.2, 0) is 20.2 Å². The maximum atomic E-state index is 12.7. The largest absolute Gasteiger partial charge is 0.505 e. The molecular formula is C40H35N7O9S2. The van der Waals surface area contributed by atoms with E-state index in [1.807, 2.05) is 0 Å². The number of benzene rings is 6. The van der Waals surface area contributed by atoms with Crippen LogP contribution in [-0.4, -0.2) is 44.1 Å². The van der Waals surface area contributed by atoms with Crippen LogP contribution in [0.2, 0.25) is 0 Å². The molecule has 4 N–H and O–H groups in total. The number of fused-ring (bicyclic) bond motifs is 1. The fourth-order valence-electron chi connectivity index (χ4n) is 5.75. The number of nitrogens with zero attached hydrogens (tertiary/aromatic N) is 6. The van der Waals surface area contributed by atoms with Crippen molar-refractivity contribution in [1.29, 1.82) is 0 Å². The number of hydrogen-bond acceptors (Lipinski definition) is 13. The minimum atomic E-state index is -4.90. The molecule has 0 aliphatic heterocycles. The van der Waals surface area contributed by atoms with Crippen molar-refractivity contribution in [3.05, 3.63) is 125 Å². The topological polar surface area (TPSA) is 241 Å². The SMILES string of the molecule is COc1ccc(N=Nc2cc(C)c(N=Nc3cc(C)c(N=Nc4c(S(=O)(=O)O)cc5cc(NC(=O)c6ccccc6)ccc5c4O)cc3C)cc2C)c(S(=O)(=O)O)c1. The van der Waals surface area contributed by atoms with E-state index in [0.29, 0.717) is 56.3 Å². The van der Waals surface area contributed by atoms with Crippen LogP contribution in [0.15, 0.2) is 138 Å². The summed E-state index contributed by atoms with van der Waals surface area (Å²) in [4.78, 5) is 11.5. The Bertz CT molecular complexity index is 2940. The van der Waals surface area contributed by atoms with Crippen LogP contribution in [0, 0.1) is 27.7 Å². The number of phenolic OH excluding ortho intramolecular Hbond substituents is 1. The molecule has 6 rings (SSSR count). The van der Waals surface area contributed by atoms with Gasteiger partial charge in [-0.1, -0.05) is 18.2 Å². The smallest absolute Gasteiger partial charge is 0.296 e. The number of aryl methyl sites for hydroxylation is 4. The number of aromatic hydroxyl groups is 1. The van der Waals surface area contributed by atoms with E-state index in [0.717, 1.165) is 12.1 Å². The lowest BCUT2D eigenvalue weighted by molar-refractivity contribution is 0.102. The van der Waals surface area contributed by atoms with Crippen LogP contribution < -0.4 is 10.1 Å². The summed E-state index contributed by atoms with van der Waals surface area (Å²) < 4.78 is 73.6. The number of phenols is 1. The van der Waals surface area contributed by atoms with Gasteiger partial charge in [-0.3, -0.25) is 13.9 Å². The van der Waals surface area contributed by atoms with Gasteiger partial charge in [-0.25, -0.2) is 0 Å². The molecule has 296 valence electrons. The van der Waals surface area contributed by atoms with Gasteiger partial charge in [0.05, 0.1) is 29.9 Å². The van der Waals surface area contributed by atoms with Gasteiger partial charge in [0, 0.05) is 22.7 Å². The molecule has 18 heteroatoms. The average molecular weight is 822 g/mol. The minimum Gasteiger partial charge on any atom is -0.505 e. The number of nitrogens with one attached hydrogen (secondary N) is 1. The summed E-state index contributed by atoms with van der Waals surface area (Å²) in [6.07, 6.45) is 0. The summed E-state index contributed by atoms with van der Waals surface area (Å²) >= 11 is 0. The number of anilines is 1. The summed E-state index contributed by atoms with van der Waals surface area (Å²) in [6, 6.07) is 24.9. The highest BCUT2D eigenvalue weighted by Gasteiger charge is 2.23. The number of carbonyl (C=O) groups excluding carboxylic acids is 1. The number of amides is 1. The van der Waals surface area contributed by atoms with Crippen molar-refractivity contribution < 1.29 is 40.6 Å². The van der Waals surface area contributed by atoms with Crippen LogP contribution in [0.3, 0.4) is 0 Å². The van der Waals surface area contributed by atoms with E-state index >= 15 is 0 Å². The van der Waals surface area contributed by atoms with Crippen molar-refractivity contribution >= 4 is 76.7 Å². The number of methoxy groups -OCH3 is 1. The highest BCUT2D eigenvalue weighted by molar-refractivity contribution is 7.86. The first-order valence-electron chi connectivity index (χ1n) is 17.2. The third-order valence-electron chi connectivity index (χ3n) is 8.89. The molecule has 0 bridgehead atoms. The van der Waals surface area contributed by atoms with Crippen LogP contribution in [0.1, 0.15) is 32.6 Å². The van der Waals surface area contributed by atoms with Gasteiger partial charge < -0.3 is 15.2 Å². The number of rotatable bonds is 11. The Labute approximate surface area is 333 Å². The number of ether oxygens (including phenoxy) is 1. The van der Waals surface area contributed by atoms with Gasteiger partial charge in [0.15, 0.2) is 5.75 Å². The summed E-state index contributed by atoms with van der Waals surface area (Å²) in [5.74, 6) is -0.719. The number of hydrogen-bond donors (Lipinski definition) is 4. The molecule has 6 aromatic carbocycles. The Kier molecular flexibility index (Phi) is 11.6. The first-order valence-corrected chi connectivity index (χ1v) is 20.1. The Balaban J connectivity index is 1.24. The predicted octanol–water partition coefficient (Wildman–Crippen LogP) is 10.8. The molecule has 0 saturated heterocycles. The Hall–Kier alpha value is -6.73. The fraction of sp³-hybridized carbons (Fsp3) is 0.125. The first-order chi connectivity index (χ1) is 27.4. The van der Waals surface area contributed by atoms with Gasteiger partial charge >= 0.3 is 0 Å². The van der Waals surface area contributed by atoms with E-state index in [9.17, 15) is 35.8 Å². The van der Waals surface area contributed by atoms with Gasteiger partial charge in [0.2, 0.25) is 0 Å². The highest BCUT2D eigenvalue weighted by Crippen LogP contribution is 2.43. The maximum Gasteiger partial charge on any atom is 0.296 e. The zero-order valence-corrected chi connectivity index (χ0v) is 33.2. The van der Waals surface area contributed by atoms with Gasteiger partial charge in [0.25, 0.3) is 26.1 Å². The molecule has 0 aliphatic carbocycles. The molecule has 0 radical (unpaired) electrons. The number of carbonyl (C=O) groups is 1. The van der Waals surface area contributed by atoms with Gasteiger partial charge in [-0.05, 0) is 128 Å². The third-order valence-corrected chi connectivity index (χ3v) is 10.6. The molecule has 0 atom stereocenters. The van der Waals surface area contributed by atoms with Gasteiger partial charge in [-0.2, -0.15) is 37.3 Å². The molecule has 0 aliphatic rings. The summed E-state index contributed by atoms with van der Waals surface area (Å²) in [7, 11) is -8.14. The molecule has 0 aromatic heterocycles. The Morgan fingerprint density at radius 2 is 1.09 bits per heavy atom. The summed E-state index contributed by atoms with van der Waals surface area (Å²) in [5, 5.41) is 39.7. The molecule has 0 fully saturated rings. The monoisotopic (exact) mass is 821 g/mol. The van der Waals surface area contributed by atoms with E-state index < -0.39 is 47.4 Å². The molecule has 0 spiro atoms. The lowest BCUT2D eigenvalue weighted by atomic mass is 10.1. The summed E-state index contributed by atoms with van der Waals surface area (Å²) in [5.41, 5.74) is 4.53. The van der Waals surface area contributed by atoms with Crippen molar-refractivity contribution in [2.24, 2.45) is 30.7 Å². The lowest BCUT2D eigenvalue weighted by Gasteiger charge is -2.11. The van der Waals surface area contributed by atoms with Crippen LogP contribution in [0.4, 0.5) is 39.8 Å². The molecule has 1 amide bonds. The molecule has 0 heterocycles. The average Bonchev–Trinajstić information content (AvgIpc) is 3.17. The standard InChI is InChI=1S/C40H35N7O9S2/c1-22-16-33(23(2)15-32(22)43-42-31-14-12-29(56-5)21-36(31)57(50,51)52)44-45-34-17-25(4)35(18-24(34)3)46-47-38-37(58(53,54)55)20-27-19-28(11-13-30(27)39(38)48)41-40(49)26-9-7-6-8-10-26/h6-21,48H,1-5H3,(H,41,49)(H,50,51,52)(H,53,54,55). The highest BCUT2D eigenvalue weighted by atomic mass is 32.2. The van der Waals surface area contributed by atoms with E-state index in [1.165, 1.54) is 37.4 Å². The second-order valence-corrected chi connectivity index (χ2v) is 15.8. The van der Waals surface area contributed by atoms with E-state index in [4.69, 9.17) is 4.74 Å². The molecule has 0 saturated carbocycles. The second-order valence-electron chi connectivity index (χ2n) is 13.1. The van der Waals surface area contributed by atoms with E-state index in [2.05, 4.69) is 36.0 Å². The minimum absolute atomic E-state index is 0.0767. The van der Waals surface area contributed by atoms with E-state index in [-0.39, 0.29) is 22.2 Å². The second kappa shape index (κ2) is 16.4. The van der Waals surface area contributed by atoms with Crippen molar-refractivity contribution in [1.82, 2.24) is 0 Å². The predicted molar refractivity (Wildman–Crippen MR) is 217 cm³/mol. The maximum absolute atomic E-state index is 12.7. The van der Waals surface area contributed by atoms with Crippen LogP contribution >= 0.6 is 0 Å². The van der Waals surface area contributed by atoms with Crippen LogP contribution in [0.5, 0.6) is 11.5 Å². The fourth-order valence-corrected chi connectivity index (χ4v) is 7.04. The molecule has 6 aromatic rings. The molecule has 58 heavy (non-hydrogen) atoms. The molecule has 16 nitrogen and oxygen atoms in total. The quantitative estimate of drug-likeness (QED) is 0.0716. The van der Waals surface area contributed by atoms with Crippen LogP contribution in [0.25, 0.3) is 10.8 Å². The summed E-state index contributed by atoms with van der Waals surface area (Å²) in [6.45, 7) is 7.05. The molecule has 0 unspecified atom stereocenters. The Morgan fingerprint density at radius 1 is 0.586 bits per heavy atom. The van der Waals surface area contributed by atoms with Gasteiger partial charge in [0.1, 0.15) is 26.9 Å². The first kappa shape index (κ1) is 40.9. The third kappa shape index (κ3) is 9.11. The number of azo groups is 3. The normalized spacial score (nSPS) is 12.3. The zero-order chi connectivity index (χ0) is 41.9.